The third kappa shape index (κ3) is 6.57. The summed E-state index contributed by atoms with van der Waals surface area (Å²) in [5, 5.41) is 6.29. The van der Waals surface area contributed by atoms with E-state index in [0.29, 0.717) is 12.6 Å². The van der Waals surface area contributed by atoms with Crippen molar-refractivity contribution in [2.45, 2.75) is 64.5 Å². The lowest BCUT2D eigenvalue weighted by Gasteiger charge is -2.34. The number of hydrogen-bond acceptors (Lipinski definition) is 4. The van der Waals surface area contributed by atoms with Crippen LogP contribution in [0.2, 0.25) is 0 Å². The van der Waals surface area contributed by atoms with Gasteiger partial charge in [0.1, 0.15) is 0 Å². The van der Waals surface area contributed by atoms with Crippen molar-refractivity contribution < 1.29 is 4.79 Å². The van der Waals surface area contributed by atoms with Crippen LogP contribution in [0.4, 0.5) is 17.1 Å². The minimum Gasteiger partial charge on any atom is -0.388 e. The van der Waals surface area contributed by atoms with E-state index in [2.05, 4.69) is 104 Å². The van der Waals surface area contributed by atoms with E-state index in [1.54, 1.807) is 0 Å². The largest absolute Gasteiger partial charge is 0.388 e. The van der Waals surface area contributed by atoms with Gasteiger partial charge in [-0.25, -0.2) is 0 Å². The Kier molecular flexibility index (Phi) is 8.78. The Morgan fingerprint density at radius 2 is 1.39 bits per heavy atom. The van der Waals surface area contributed by atoms with Crippen LogP contribution in [0.5, 0.6) is 0 Å². The highest BCUT2D eigenvalue weighted by Gasteiger charge is 2.35. The summed E-state index contributed by atoms with van der Waals surface area (Å²) in [6.45, 7) is 10.2. The van der Waals surface area contributed by atoms with Crippen LogP contribution < -0.4 is 15.5 Å². The molecule has 2 N–H and O–H groups in total. The van der Waals surface area contributed by atoms with Gasteiger partial charge in [-0.2, -0.15) is 0 Å². The smallest absolute Gasteiger partial charge is 0.238 e. The van der Waals surface area contributed by atoms with E-state index in [0.717, 1.165) is 37.2 Å². The lowest BCUT2D eigenvalue weighted by atomic mass is 9.87. The maximum atomic E-state index is 12.5. The predicted octanol–water partition coefficient (Wildman–Crippen LogP) is 7.39. The Bertz CT molecular complexity index is 1180. The van der Waals surface area contributed by atoms with Crippen LogP contribution in [-0.2, 0) is 10.2 Å². The molecule has 5 nitrogen and oxygen atoms in total. The Morgan fingerprint density at radius 1 is 0.868 bits per heavy atom. The maximum absolute atomic E-state index is 12.5. The molecule has 1 heterocycles. The van der Waals surface area contributed by atoms with Crippen LogP contribution in [0.25, 0.3) is 0 Å². The molecule has 0 spiro atoms. The topological polar surface area (TPSA) is 47.6 Å². The summed E-state index contributed by atoms with van der Waals surface area (Å²) < 4.78 is 0. The first-order valence-electron chi connectivity index (χ1n) is 13.9. The molecule has 1 fully saturated rings. The van der Waals surface area contributed by atoms with Crippen molar-refractivity contribution >= 4 is 23.0 Å². The SMILES string of the molecule is CCCN(C)CC(=O)Nc1ccc([C@@H]2CCC(c3ccc(NC)cc3)N2c2ccc(C(C)(C)C)cc2)cc1. The van der Waals surface area contributed by atoms with Crippen molar-refractivity contribution in [3.05, 3.63) is 89.5 Å². The van der Waals surface area contributed by atoms with Gasteiger partial charge < -0.3 is 15.5 Å². The van der Waals surface area contributed by atoms with Crippen molar-refractivity contribution in [2.24, 2.45) is 0 Å². The van der Waals surface area contributed by atoms with Gasteiger partial charge in [-0.05, 0) is 91.4 Å². The second-order valence-electron chi connectivity index (χ2n) is 11.6. The summed E-state index contributed by atoms with van der Waals surface area (Å²) in [6.07, 6.45) is 3.20. The van der Waals surface area contributed by atoms with Gasteiger partial charge in [-0.3, -0.25) is 9.69 Å². The zero-order valence-electron chi connectivity index (χ0n) is 23.9. The average molecular weight is 513 g/mol. The molecule has 3 aromatic rings. The molecule has 1 amide bonds. The molecule has 1 aliphatic rings. The molecule has 0 bridgehead atoms. The standard InChI is InChI=1S/C33H44N4O/c1-7-22-36(6)23-32(38)35-28-16-10-25(11-17-28)31-21-20-30(24-8-14-27(34-5)15-9-24)37(31)29-18-12-26(13-19-29)33(2,3)4/h8-19,30-31,34H,7,20-23H2,1-6H3,(H,35,38)/t30?,31-/m0/s1. The third-order valence-electron chi connectivity index (χ3n) is 7.60. The van der Waals surface area contributed by atoms with Gasteiger partial charge in [0.05, 0.1) is 18.6 Å². The quantitative estimate of drug-likeness (QED) is 0.314. The fourth-order valence-corrected chi connectivity index (χ4v) is 5.53. The molecule has 38 heavy (non-hydrogen) atoms. The fraction of sp³-hybridized carbons (Fsp3) is 0.424. The molecular formula is C33H44N4O. The number of amides is 1. The van der Waals surface area contributed by atoms with Crippen LogP contribution in [-0.4, -0.2) is 38.0 Å². The molecule has 3 aromatic carbocycles. The molecule has 1 saturated heterocycles. The fourth-order valence-electron chi connectivity index (χ4n) is 5.53. The predicted molar refractivity (Wildman–Crippen MR) is 161 cm³/mol. The van der Waals surface area contributed by atoms with Crippen molar-refractivity contribution in [3.8, 4) is 0 Å². The molecule has 1 aliphatic heterocycles. The number of likely N-dealkylation sites (N-methyl/N-ethyl adjacent to an activating group) is 1. The molecule has 2 atom stereocenters. The summed E-state index contributed by atoms with van der Waals surface area (Å²) in [7, 11) is 3.94. The molecule has 0 aliphatic carbocycles. The van der Waals surface area contributed by atoms with Crippen LogP contribution in [0, 0.1) is 0 Å². The van der Waals surface area contributed by atoms with E-state index in [4.69, 9.17) is 0 Å². The third-order valence-corrected chi connectivity index (χ3v) is 7.60. The van der Waals surface area contributed by atoms with E-state index in [1.807, 2.05) is 31.1 Å². The number of hydrogen-bond donors (Lipinski definition) is 2. The molecule has 4 rings (SSSR count). The summed E-state index contributed by atoms with van der Waals surface area (Å²) in [6, 6.07) is 27.0. The highest BCUT2D eigenvalue weighted by Crippen LogP contribution is 2.47. The number of benzene rings is 3. The van der Waals surface area contributed by atoms with Crippen molar-refractivity contribution in [3.63, 3.8) is 0 Å². The number of nitrogens with zero attached hydrogens (tertiary/aromatic N) is 2. The lowest BCUT2D eigenvalue weighted by Crippen LogP contribution is -2.30. The second kappa shape index (κ2) is 12.0. The molecule has 0 aromatic heterocycles. The van der Waals surface area contributed by atoms with E-state index in [-0.39, 0.29) is 17.4 Å². The molecule has 0 radical (unpaired) electrons. The molecule has 1 unspecified atom stereocenters. The van der Waals surface area contributed by atoms with Gasteiger partial charge in [0.25, 0.3) is 0 Å². The van der Waals surface area contributed by atoms with Crippen molar-refractivity contribution in [2.75, 3.05) is 42.7 Å². The highest BCUT2D eigenvalue weighted by atomic mass is 16.2. The number of anilines is 3. The maximum Gasteiger partial charge on any atom is 0.238 e. The highest BCUT2D eigenvalue weighted by molar-refractivity contribution is 5.92. The Labute approximate surface area is 229 Å². The van der Waals surface area contributed by atoms with Crippen LogP contribution in [0.1, 0.15) is 75.7 Å². The first-order chi connectivity index (χ1) is 18.2. The summed E-state index contributed by atoms with van der Waals surface area (Å²) in [5.41, 5.74) is 7.31. The van der Waals surface area contributed by atoms with Crippen molar-refractivity contribution in [1.29, 1.82) is 0 Å². The van der Waals surface area contributed by atoms with Crippen LogP contribution in [0.15, 0.2) is 72.8 Å². The van der Waals surface area contributed by atoms with Gasteiger partial charge in [-0.1, -0.05) is 64.1 Å². The van der Waals surface area contributed by atoms with E-state index in [1.165, 1.54) is 22.4 Å². The number of carbonyl (C=O) groups excluding carboxylic acids is 1. The summed E-state index contributed by atoms with van der Waals surface area (Å²) >= 11 is 0. The Balaban J connectivity index is 1.59. The lowest BCUT2D eigenvalue weighted by molar-refractivity contribution is -0.117. The zero-order valence-corrected chi connectivity index (χ0v) is 23.9. The normalized spacial score (nSPS) is 17.6. The van der Waals surface area contributed by atoms with E-state index >= 15 is 0 Å². The molecular weight excluding hydrogens is 468 g/mol. The Morgan fingerprint density at radius 3 is 1.87 bits per heavy atom. The van der Waals surface area contributed by atoms with Gasteiger partial charge in [0, 0.05) is 24.1 Å². The minimum atomic E-state index is 0.0280. The van der Waals surface area contributed by atoms with E-state index < -0.39 is 0 Å². The number of carbonyl (C=O) groups is 1. The summed E-state index contributed by atoms with van der Waals surface area (Å²) in [4.78, 5) is 17.1. The molecule has 0 saturated carbocycles. The van der Waals surface area contributed by atoms with Gasteiger partial charge in [-0.15, -0.1) is 0 Å². The number of rotatable bonds is 9. The Hall–Kier alpha value is -3.31. The molecule has 202 valence electrons. The van der Waals surface area contributed by atoms with E-state index in [9.17, 15) is 4.79 Å². The van der Waals surface area contributed by atoms with Crippen LogP contribution >= 0.6 is 0 Å². The monoisotopic (exact) mass is 512 g/mol. The van der Waals surface area contributed by atoms with Gasteiger partial charge in [0.2, 0.25) is 5.91 Å². The zero-order chi connectivity index (χ0) is 27.3. The van der Waals surface area contributed by atoms with Crippen molar-refractivity contribution in [1.82, 2.24) is 4.90 Å². The van der Waals surface area contributed by atoms with Gasteiger partial charge >= 0.3 is 0 Å². The van der Waals surface area contributed by atoms with Gasteiger partial charge in [0.15, 0.2) is 0 Å². The minimum absolute atomic E-state index is 0.0280. The first-order valence-corrected chi connectivity index (χ1v) is 13.9. The average Bonchev–Trinajstić information content (AvgIpc) is 3.34. The first kappa shape index (κ1) is 27.7. The summed E-state index contributed by atoms with van der Waals surface area (Å²) in [5.74, 6) is 0.0280. The second-order valence-corrected chi connectivity index (χ2v) is 11.6. The van der Waals surface area contributed by atoms with Crippen LogP contribution in [0.3, 0.4) is 0 Å². The molecule has 5 heteroatoms. The number of nitrogens with one attached hydrogen (secondary N) is 2.